The van der Waals surface area contributed by atoms with Gasteiger partial charge in [-0.05, 0) is 12.5 Å². The summed E-state index contributed by atoms with van der Waals surface area (Å²) in [6.45, 7) is 1.60. The maximum absolute atomic E-state index is 12.0. The Balaban J connectivity index is 1.60. The van der Waals surface area contributed by atoms with Crippen molar-refractivity contribution in [1.29, 1.82) is 0 Å². The first-order valence-corrected chi connectivity index (χ1v) is 8.21. The lowest BCUT2D eigenvalue weighted by Crippen LogP contribution is -2.47. The number of nitrogens with zero attached hydrogens (tertiary/aromatic N) is 4. The summed E-state index contributed by atoms with van der Waals surface area (Å²) >= 11 is 0. The number of carbonyl (C=O) groups excluding carboxylic acids is 1. The molecular formula is C18H17N5O. The van der Waals surface area contributed by atoms with E-state index in [4.69, 9.17) is 4.98 Å². The molecule has 1 aromatic carbocycles. The maximum atomic E-state index is 12.0. The van der Waals surface area contributed by atoms with Crippen LogP contribution < -0.4 is 5.32 Å². The van der Waals surface area contributed by atoms with E-state index in [1.54, 1.807) is 6.20 Å². The molecule has 0 radical (unpaired) electrons. The molecule has 2 atom stereocenters. The molecule has 1 amide bonds. The van der Waals surface area contributed by atoms with Crippen LogP contribution in [0.3, 0.4) is 0 Å². The van der Waals surface area contributed by atoms with E-state index in [1.807, 2.05) is 34.9 Å². The molecule has 2 saturated heterocycles. The van der Waals surface area contributed by atoms with Gasteiger partial charge in [-0.2, -0.15) is 0 Å². The predicted molar refractivity (Wildman–Crippen MR) is 89.2 cm³/mol. The highest BCUT2D eigenvalue weighted by atomic mass is 16.2. The molecule has 2 bridgehead atoms. The van der Waals surface area contributed by atoms with Gasteiger partial charge in [0.25, 0.3) is 0 Å². The molecule has 2 aliphatic heterocycles. The van der Waals surface area contributed by atoms with Crippen LogP contribution in [-0.4, -0.2) is 43.8 Å². The Kier molecular flexibility index (Phi) is 2.93. The highest BCUT2D eigenvalue weighted by Gasteiger charge is 2.44. The number of imidazole rings is 1. The van der Waals surface area contributed by atoms with Crippen LogP contribution in [0.4, 0.5) is 0 Å². The van der Waals surface area contributed by atoms with E-state index in [0.29, 0.717) is 18.4 Å². The van der Waals surface area contributed by atoms with Gasteiger partial charge in [-0.15, -0.1) is 0 Å². The SMILES string of the molecule is O=C1N[C@H]2C[C@@H]1N(Cc1c(-c3ccccc3)nc3ncccn13)C2. The van der Waals surface area contributed by atoms with Crippen molar-refractivity contribution in [3.05, 3.63) is 54.5 Å². The Morgan fingerprint density at radius 1 is 1.21 bits per heavy atom. The zero-order chi connectivity index (χ0) is 16.1. The van der Waals surface area contributed by atoms with Crippen LogP contribution in [0.2, 0.25) is 0 Å². The zero-order valence-corrected chi connectivity index (χ0v) is 13.1. The molecule has 6 nitrogen and oxygen atoms in total. The predicted octanol–water partition coefficient (Wildman–Crippen LogP) is 1.47. The van der Waals surface area contributed by atoms with Crippen molar-refractivity contribution in [2.24, 2.45) is 0 Å². The van der Waals surface area contributed by atoms with E-state index in [2.05, 4.69) is 27.3 Å². The van der Waals surface area contributed by atoms with Crippen LogP contribution in [-0.2, 0) is 11.3 Å². The smallest absolute Gasteiger partial charge is 0.237 e. The molecule has 0 spiro atoms. The number of piperazine rings is 1. The molecule has 0 aliphatic carbocycles. The first-order valence-electron chi connectivity index (χ1n) is 8.21. The number of amides is 1. The van der Waals surface area contributed by atoms with Gasteiger partial charge in [0, 0.05) is 37.1 Å². The average molecular weight is 319 g/mol. The molecule has 120 valence electrons. The van der Waals surface area contributed by atoms with E-state index < -0.39 is 0 Å². The molecule has 0 unspecified atom stereocenters. The van der Waals surface area contributed by atoms with Crippen molar-refractivity contribution in [3.63, 3.8) is 0 Å². The van der Waals surface area contributed by atoms with Crippen molar-refractivity contribution >= 4 is 11.7 Å². The van der Waals surface area contributed by atoms with Crippen LogP contribution >= 0.6 is 0 Å². The number of rotatable bonds is 3. The summed E-state index contributed by atoms with van der Waals surface area (Å²) in [4.78, 5) is 23.4. The van der Waals surface area contributed by atoms with Crippen LogP contribution in [0.5, 0.6) is 0 Å². The summed E-state index contributed by atoms with van der Waals surface area (Å²) in [5.41, 5.74) is 3.11. The highest BCUT2D eigenvalue weighted by Crippen LogP contribution is 2.30. The lowest BCUT2D eigenvalue weighted by Gasteiger charge is -2.26. The Morgan fingerprint density at radius 3 is 2.88 bits per heavy atom. The fraction of sp³-hybridized carbons (Fsp3) is 0.278. The standard InChI is InChI=1S/C18H17N5O/c24-17-14-9-13(20-17)10-22(14)11-15-16(12-5-2-1-3-6-12)21-18-19-7-4-8-23(15)18/h1-8,13-14H,9-11H2,(H,20,24)/t13-,14-/m0/s1. The number of fused-ring (bicyclic) bond motifs is 3. The van der Waals surface area contributed by atoms with Crippen molar-refractivity contribution in [3.8, 4) is 11.3 Å². The normalized spacial score (nSPS) is 23.1. The van der Waals surface area contributed by atoms with Gasteiger partial charge in [-0.3, -0.25) is 14.1 Å². The van der Waals surface area contributed by atoms with E-state index in [0.717, 1.165) is 29.9 Å². The third-order valence-corrected chi connectivity index (χ3v) is 4.96. The monoisotopic (exact) mass is 319 g/mol. The van der Waals surface area contributed by atoms with Gasteiger partial charge in [0.15, 0.2) is 0 Å². The Labute approximate surface area is 139 Å². The van der Waals surface area contributed by atoms with Gasteiger partial charge in [0.2, 0.25) is 11.7 Å². The zero-order valence-electron chi connectivity index (χ0n) is 13.1. The van der Waals surface area contributed by atoms with E-state index in [1.165, 1.54) is 0 Å². The largest absolute Gasteiger partial charge is 0.351 e. The number of aromatic nitrogens is 3. The molecule has 2 aliphatic rings. The number of hydrogen-bond acceptors (Lipinski definition) is 4. The molecule has 3 aromatic rings. The summed E-state index contributed by atoms with van der Waals surface area (Å²) in [6.07, 6.45) is 4.66. The summed E-state index contributed by atoms with van der Waals surface area (Å²) in [7, 11) is 0. The number of carbonyl (C=O) groups is 1. The molecule has 4 heterocycles. The Bertz CT molecular complexity index is 920. The number of nitrogens with one attached hydrogen (secondary N) is 1. The Morgan fingerprint density at radius 2 is 2.08 bits per heavy atom. The van der Waals surface area contributed by atoms with Gasteiger partial charge < -0.3 is 5.32 Å². The lowest BCUT2D eigenvalue weighted by atomic mass is 10.1. The third-order valence-electron chi connectivity index (χ3n) is 4.96. The van der Waals surface area contributed by atoms with Gasteiger partial charge >= 0.3 is 0 Å². The minimum absolute atomic E-state index is 0.0131. The first-order chi connectivity index (χ1) is 11.8. The number of hydrogen-bond donors (Lipinski definition) is 1. The average Bonchev–Trinajstić information content (AvgIpc) is 3.28. The molecule has 2 fully saturated rings. The summed E-state index contributed by atoms with van der Waals surface area (Å²) in [5, 5.41) is 3.03. The molecule has 24 heavy (non-hydrogen) atoms. The fourth-order valence-electron chi connectivity index (χ4n) is 3.86. The van der Waals surface area contributed by atoms with Crippen molar-refractivity contribution in [2.45, 2.75) is 25.0 Å². The molecule has 2 aromatic heterocycles. The molecule has 1 N–H and O–H groups in total. The van der Waals surface area contributed by atoms with Gasteiger partial charge in [0.05, 0.1) is 17.4 Å². The van der Waals surface area contributed by atoms with Gasteiger partial charge in [-0.1, -0.05) is 30.3 Å². The minimum atomic E-state index is -0.0131. The first kappa shape index (κ1) is 13.7. The van der Waals surface area contributed by atoms with Crippen LogP contribution in [0.15, 0.2) is 48.8 Å². The van der Waals surface area contributed by atoms with Crippen LogP contribution in [0, 0.1) is 0 Å². The second-order valence-electron chi connectivity index (χ2n) is 6.45. The van der Waals surface area contributed by atoms with E-state index >= 15 is 0 Å². The lowest BCUT2D eigenvalue weighted by molar-refractivity contribution is -0.125. The number of benzene rings is 1. The van der Waals surface area contributed by atoms with Gasteiger partial charge in [0.1, 0.15) is 0 Å². The highest BCUT2D eigenvalue weighted by molar-refractivity contribution is 5.85. The third kappa shape index (κ3) is 2.03. The van der Waals surface area contributed by atoms with Crippen molar-refractivity contribution in [2.75, 3.05) is 6.54 Å². The molecule has 0 saturated carbocycles. The van der Waals surface area contributed by atoms with Gasteiger partial charge in [-0.25, -0.2) is 9.97 Å². The van der Waals surface area contributed by atoms with Crippen molar-refractivity contribution in [1.82, 2.24) is 24.6 Å². The topological polar surface area (TPSA) is 62.5 Å². The molecular weight excluding hydrogens is 302 g/mol. The maximum Gasteiger partial charge on any atom is 0.237 e. The fourth-order valence-corrected chi connectivity index (χ4v) is 3.86. The van der Waals surface area contributed by atoms with Crippen LogP contribution in [0.1, 0.15) is 12.1 Å². The summed E-state index contributed by atoms with van der Waals surface area (Å²) in [5.74, 6) is 0.847. The quantitative estimate of drug-likeness (QED) is 0.794. The minimum Gasteiger partial charge on any atom is -0.351 e. The second-order valence-corrected chi connectivity index (χ2v) is 6.45. The molecule has 6 heteroatoms. The Hall–Kier alpha value is -2.73. The van der Waals surface area contributed by atoms with Crippen molar-refractivity contribution < 1.29 is 4.79 Å². The summed E-state index contributed by atoms with van der Waals surface area (Å²) in [6, 6.07) is 12.4. The van der Waals surface area contributed by atoms with E-state index in [-0.39, 0.29) is 11.9 Å². The molecule has 5 rings (SSSR count). The van der Waals surface area contributed by atoms with Crippen LogP contribution in [0.25, 0.3) is 17.0 Å². The van der Waals surface area contributed by atoms with E-state index in [9.17, 15) is 4.79 Å². The summed E-state index contributed by atoms with van der Waals surface area (Å²) < 4.78 is 2.03. The second kappa shape index (κ2) is 5.14. The number of likely N-dealkylation sites (tertiary alicyclic amines) is 1.